The van der Waals surface area contributed by atoms with E-state index in [-0.39, 0.29) is 12.0 Å². The summed E-state index contributed by atoms with van der Waals surface area (Å²) in [6, 6.07) is 15.9. The van der Waals surface area contributed by atoms with Gasteiger partial charge < -0.3 is 19.0 Å². The normalized spacial score (nSPS) is 16.3. The highest BCUT2D eigenvalue weighted by molar-refractivity contribution is 9.10. The molecule has 5 nitrogen and oxygen atoms in total. The van der Waals surface area contributed by atoms with E-state index in [4.69, 9.17) is 9.15 Å². The minimum absolute atomic E-state index is 0.0820. The first-order valence-electron chi connectivity index (χ1n) is 9.86. The average molecular weight is 457 g/mol. The molecule has 6 heteroatoms. The van der Waals surface area contributed by atoms with Crippen molar-refractivity contribution in [3.8, 4) is 0 Å². The van der Waals surface area contributed by atoms with E-state index in [9.17, 15) is 4.79 Å². The smallest absolute Gasteiger partial charge is 0.289 e. The number of nitrogens with zero attached hydrogens (tertiary/aromatic N) is 2. The molecule has 1 aliphatic heterocycles. The molecule has 0 saturated carbocycles. The number of amides is 1. The van der Waals surface area contributed by atoms with E-state index in [2.05, 4.69) is 45.1 Å². The van der Waals surface area contributed by atoms with Crippen LogP contribution in [0.15, 0.2) is 57.4 Å². The number of halogens is 1. The SMILES string of the molecule is CN(C)c1ccc(CN(CC2CCCO2)C(=O)c2cc3cc(Br)ccc3o2)cc1. The average Bonchev–Trinajstić information content (AvgIpc) is 3.36. The predicted octanol–water partition coefficient (Wildman–Crippen LogP) is 5.08. The van der Waals surface area contributed by atoms with Gasteiger partial charge >= 0.3 is 0 Å². The molecule has 1 aliphatic rings. The van der Waals surface area contributed by atoms with E-state index in [0.717, 1.165) is 40.6 Å². The van der Waals surface area contributed by atoms with E-state index in [0.29, 0.717) is 24.4 Å². The molecule has 1 unspecified atom stereocenters. The molecule has 1 atom stereocenters. The third kappa shape index (κ3) is 4.65. The van der Waals surface area contributed by atoms with Crippen LogP contribution in [-0.4, -0.2) is 44.2 Å². The van der Waals surface area contributed by atoms with Crippen molar-refractivity contribution in [3.05, 3.63) is 64.3 Å². The Bertz CT molecular complexity index is 991. The van der Waals surface area contributed by atoms with E-state index in [1.54, 1.807) is 0 Å². The number of furan rings is 1. The Morgan fingerprint density at radius 3 is 2.62 bits per heavy atom. The number of benzene rings is 2. The maximum Gasteiger partial charge on any atom is 0.289 e. The van der Waals surface area contributed by atoms with Gasteiger partial charge in [0.15, 0.2) is 5.76 Å². The number of ether oxygens (including phenoxy) is 1. The van der Waals surface area contributed by atoms with Gasteiger partial charge in [-0.3, -0.25) is 4.79 Å². The van der Waals surface area contributed by atoms with E-state index in [1.807, 2.05) is 43.3 Å². The summed E-state index contributed by atoms with van der Waals surface area (Å²) in [7, 11) is 4.03. The summed E-state index contributed by atoms with van der Waals surface area (Å²) in [6.07, 6.45) is 2.11. The molecule has 4 rings (SSSR count). The molecule has 3 aromatic rings. The van der Waals surface area contributed by atoms with Crippen LogP contribution in [0.1, 0.15) is 29.0 Å². The van der Waals surface area contributed by atoms with Crippen LogP contribution in [0.2, 0.25) is 0 Å². The quantitative estimate of drug-likeness (QED) is 0.518. The van der Waals surface area contributed by atoms with Gasteiger partial charge in [-0.15, -0.1) is 0 Å². The molecule has 0 bridgehead atoms. The summed E-state index contributed by atoms with van der Waals surface area (Å²) in [5.41, 5.74) is 2.93. The largest absolute Gasteiger partial charge is 0.451 e. The zero-order valence-electron chi connectivity index (χ0n) is 16.7. The molecule has 1 saturated heterocycles. The molecule has 2 heterocycles. The summed E-state index contributed by atoms with van der Waals surface area (Å²) in [4.78, 5) is 17.2. The van der Waals surface area contributed by atoms with Crippen molar-refractivity contribution in [2.45, 2.75) is 25.5 Å². The second kappa shape index (κ2) is 8.59. The molecule has 1 amide bonds. The van der Waals surface area contributed by atoms with Gasteiger partial charge in [0.05, 0.1) is 6.10 Å². The summed E-state index contributed by atoms with van der Waals surface area (Å²) >= 11 is 3.47. The van der Waals surface area contributed by atoms with Crippen LogP contribution in [0.25, 0.3) is 11.0 Å². The summed E-state index contributed by atoms with van der Waals surface area (Å²) < 4.78 is 12.6. The lowest BCUT2D eigenvalue weighted by molar-refractivity contribution is 0.0485. The topological polar surface area (TPSA) is 45.9 Å². The van der Waals surface area contributed by atoms with Crippen LogP contribution in [0.4, 0.5) is 5.69 Å². The predicted molar refractivity (Wildman–Crippen MR) is 118 cm³/mol. The van der Waals surface area contributed by atoms with Gasteiger partial charge in [-0.1, -0.05) is 28.1 Å². The van der Waals surface area contributed by atoms with Gasteiger partial charge in [-0.25, -0.2) is 0 Å². The zero-order valence-corrected chi connectivity index (χ0v) is 18.3. The van der Waals surface area contributed by atoms with Crippen molar-refractivity contribution >= 4 is 38.5 Å². The summed E-state index contributed by atoms with van der Waals surface area (Å²) in [5, 5.41) is 0.912. The molecule has 1 aromatic heterocycles. The van der Waals surface area contributed by atoms with Gasteiger partial charge in [0.2, 0.25) is 0 Å². The van der Waals surface area contributed by atoms with Crippen LogP contribution < -0.4 is 4.90 Å². The highest BCUT2D eigenvalue weighted by atomic mass is 79.9. The van der Waals surface area contributed by atoms with Gasteiger partial charge in [0, 0.05) is 49.3 Å². The van der Waals surface area contributed by atoms with Crippen LogP contribution >= 0.6 is 15.9 Å². The molecule has 0 N–H and O–H groups in total. The Kier molecular flexibility index (Phi) is 5.92. The Balaban J connectivity index is 1.58. The molecule has 0 aliphatic carbocycles. The lowest BCUT2D eigenvalue weighted by Gasteiger charge is -2.25. The third-order valence-electron chi connectivity index (χ3n) is 5.25. The lowest BCUT2D eigenvalue weighted by Crippen LogP contribution is -2.36. The van der Waals surface area contributed by atoms with E-state index in [1.165, 1.54) is 0 Å². The fraction of sp³-hybridized carbons (Fsp3) is 0.348. The maximum atomic E-state index is 13.3. The molecular formula is C23H25BrN2O3. The Morgan fingerprint density at radius 2 is 1.93 bits per heavy atom. The molecule has 1 fully saturated rings. The van der Waals surface area contributed by atoms with Crippen molar-refractivity contribution in [1.29, 1.82) is 0 Å². The van der Waals surface area contributed by atoms with Gasteiger partial charge in [0.25, 0.3) is 5.91 Å². The first-order valence-corrected chi connectivity index (χ1v) is 10.6. The first-order chi connectivity index (χ1) is 14.0. The molecule has 2 aromatic carbocycles. The standard InChI is InChI=1S/C23H25BrN2O3/c1-25(2)19-8-5-16(6-9-19)14-26(15-20-4-3-11-28-20)23(27)22-13-17-12-18(24)7-10-21(17)29-22/h5-10,12-13,20H,3-4,11,14-15H2,1-2H3. The fourth-order valence-electron chi connectivity index (χ4n) is 3.65. The number of fused-ring (bicyclic) bond motifs is 1. The Labute approximate surface area is 179 Å². The molecular weight excluding hydrogens is 432 g/mol. The van der Waals surface area contributed by atoms with E-state index < -0.39 is 0 Å². The van der Waals surface area contributed by atoms with Crippen molar-refractivity contribution in [1.82, 2.24) is 4.90 Å². The minimum atomic E-state index is -0.107. The van der Waals surface area contributed by atoms with E-state index >= 15 is 0 Å². The van der Waals surface area contributed by atoms with Gasteiger partial charge in [-0.2, -0.15) is 0 Å². The molecule has 0 spiro atoms. The molecule has 152 valence electrons. The van der Waals surface area contributed by atoms with Crippen molar-refractivity contribution < 1.29 is 13.9 Å². The fourth-order valence-corrected chi connectivity index (χ4v) is 4.03. The van der Waals surface area contributed by atoms with Crippen LogP contribution in [0, 0.1) is 0 Å². The highest BCUT2D eigenvalue weighted by Gasteiger charge is 2.26. The third-order valence-corrected chi connectivity index (χ3v) is 5.74. The number of hydrogen-bond donors (Lipinski definition) is 0. The lowest BCUT2D eigenvalue weighted by atomic mass is 10.1. The van der Waals surface area contributed by atoms with Gasteiger partial charge in [0.1, 0.15) is 5.58 Å². The van der Waals surface area contributed by atoms with Gasteiger partial charge in [-0.05, 0) is 54.8 Å². The van der Waals surface area contributed by atoms with Crippen molar-refractivity contribution in [2.75, 3.05) is 32.1 Å². The van der Waals surface area contributed by atoms with Crippen molar-refractivity contribution in [3.63, 3.8) is 0 Å². The molecule has 29 heavy (non-hydrogen) atoms. The zero-order chi connectivity index (χ0) is 20.4. The number of anilines is 1. The monoisotopic (exact) mass is 456 g/mol. The second-order valence-electron chi connectivity index (χ2n) is 7.67. The maximum absolute atomic E-state index is 13.3. The highest BCUT2D eigenvalue weighted by Crippen LogP contribution is 2.25. The Morgan fingerprint density at radius 1 is 1.14 bits per heavy atom. The number of hydrogen-bond acceptors (Lipinski definition) is 4. The number of carbonyl (C=O) groups excluding carboxylic acids is 1. The minimum Gasteiger partial charge on any atom is -0.451 e. The summed E-state index contributed by atoms with van der Waals surface area (Å²) in [5.74, 6) is 0.255. The van der Waals surface area contributed by atoms with Crippen molar-refractivity contribution in [2.24, 2.45) is 0 Å². The number of carbonyl (C=O) groups is 1. The Hall–Kier alpha value is -2.31. The summed E-state index contributed by atoms with van der Waals surface area (Å²) in [6.45, 7) is 1.85. The van der Waals surface area contributed by atoms with Crippen LogP contribution in [0.3, 0.4) is 0 Å². The van der Waals surface area contributed by atoms with Crippen LogP contribution in [-0.2, 0) is 11.3 Å². The molecule has 0 radical (unpaired) electrons. The number of rotatable bonds is 6. The first kappa shape index (κ1) is 20.0. The second-order valence-corrected chi connectivity index (χ2v) is 8.59. The van der Waals surface area contributed by atoms with Crippen LogP contribution in [0.5, 0.6) is 0 Å².